The minimum Gasteiger partial charge on any atom is -0.453 e. The summed E-state index contributed by atoms with van der Waals surface area (Å²) in [6.07, 6.45) is 4.57. The van der Waals surface area contributed by atoms with Crippen LogP contribution in [0.5, 0.6) is 0 Å². The molecule has 40 heavy (non-hydrogen) atoms. The maximum Gasteiger partial charge on any atom is 0.403 e. The fraction of sp³-hybridized carbons (Fsp3) is 0.250. The Morgan fingerprint density at radius 3 is 2.05 bits per heavy atom. The molecule has 0 unspecified atom stereocenters. The molecule has 3 heterocycles. The van der Waals surface area contributed by atoms with E-state index in [1.165, 1.54) is 4.85 Å². The highest BCUT2D eigenvalue weighted by atomic mass is 35.5. The van der Waals surface area contributed by atoms with Crippen LogP contribution in [0.25, 0.3) is 11.0 Å². The molecule has 4 aromatic rings. The van der Waals surface area contributed by atoms with Crippen LogP contribution in [-0.2, 0) is 9.53 Å². The van der Waals surface area contributed by atoms with Crippen LogP contribution in [0.2, 0.25) is 0 Å². The van der Waals surface area contributed by atoms with E-state index in [9.17, 15) is 9.59 Å². The molecule has 0 spiro atoms. The molecule has 214 valence electrons. The smallest absolute Gasteiger partial charge is 0.403 e. The number of benzene rings is 1. The number of nitrogens with zero attached hydrogens (tertiary/aromatic N) is 5. The molecule has 0 amide bonds. The van der Waals surface area contributed by atoms with E-state index < -0.39 is 5.43 Å². The molecule has 3 aromatic heterocycles. The number of ether oxygens (including phenoxy) is 1. The molecule has 9 nitrogen and oxygen atoms in total. The van der Waals surface area contributed by atoms with E-state index in [2.05, 4.69) is 25.0 Å². The highest BCUT2D eigenvalue weighted by Gasteiger charge is 2.09. The zero-order chi connectivity index (χ0) is 28.8. The summed E-state index contributed by atoms with van der Waals surface area (Å²) in [5.74, 6) is 1.22. The van der Waals surface area contributed by atoms with Gasteiger partial charge in [-0.3, -0.25) is 0 Å². The van der Waals surface area contributed by atoms with Gasteiger partial charge in [0.2, 0.25) is 0 Å². The van der Waals surface area contributed by atoms with E-state index in [0.29, 0.717) is 29.8 Å². The van der Waals surface area contributed by atoms with Crippen LogP contribution in [0.3, 0.4) is 0 Å². The van der Waals surface area contributed by atoms with Gasteiger partial charge < -0.3 is 9.57 Å². The summed E-state index contributed by atoms with van der Waals surface area (Å²) < 4.78 is 4.55. The molecule has 0 saturated carbocycles. The van der Waals surface area contributed by atoms with E-state index in [0.717, 1.165) is 22.2 Å². The summed E-state index contributed by atoms with van der Waals surface area (Å²) >= 11 is 14.5. The lowest BCUT2D eigenvalue weighted by molar-refractivity contribution is -0.145. The number of alkyl halides is 2. The minimum atomic E-state index is -0.756. The van der Waals surface area contributed by atoms with Crippen LogP contribution in [0, 0.1) is 0 Å². The van der Waals surface area contributed by atoms with Crippen molar-refractivity contribution in [3.63, 3.8) is 0 Å². The van der Waals surface area contributed by atoms with Gasteiger partial charge in [-0.15, -0.1) is 28.3 Å². The molecule has 0 aliphatic rings. The van der Waals surface area contributed by atoms with Crippen molar-refractivity contribution in [3.05, 3.63) is 73.1 Å². The third kappa shape index (κ3) is 15.2. The van der Waals surface area contributed by atoms with Gasteiger partial charge in [-0.25, -0.2) is 19.6 Å². The van der Waals surface area contributed by atoms with Crippen molar-refractivity contribution >= 4 is 100 Å². The van der Waals surface area contributed by atoms with Gasteiger partial charge in [0.05, 0.1) is 5.34 Å². The molecule has 0 aliphatic carbocycles. The predicted octanol–water partition coefficient (Wildman–Crippen LogP) is 7.62. The molecule has 0 aliphatic heterocycles. The second kappa shape index (κ2) is 21.8. The monoisotopic (exact) mass is 679 g/mol. The Labute approximate surface area is 262 Å². The summed E-state index contributed by atoms with van der Waals surface area (Å²) in [6.45, 7) is 0.326. The van der Waals surface area contributed by atoms with Crippen molar-refractivity contribution < 1.29 is 19.2 Å². The number of carbonyl (C=O) groups is 2. The number of hydrogen-bond donors (Lipinski definition) is 0. The first-order valence-electron chi connectivity index (χ1n) is 11.4. The molecular weight excluding hydrogens is 657 g/mol. The van der Waals surface area contributed by atoms with Crippen LogP contribution < -0.4 is 4.84 Å². The third-order valence-electron chi connectivity index (χ3n) is 4.06. The van der Waals surface area contributed by atoms with Crippen LogP contribution in [-0.4, -0.2) is 60.0 Å². The first-order valence-corrected chi connectivity index (χ1v) is 17.5. The van der Waals surface area contributed by atoms with Gasteiger partial charge in [-0.1, -0.05) is 50.7 Å². The number of hydrogen-bond acceptors (Lipinski definition) is 12. The van der Waals surface area contributed by atoms with Crippen molar-refractivity contribution in [2.45, 2.75) is 22.9 Å². The lowest BCUT2D eigenvalue weighted by Crippen LogP contribution is -2.20. The third-order valence-corrected chi connectivity index (χ3v) is 8.75. The maximum atomic E-state index is 11.8. The van der Waals surface area contributed by atoms with Crippen molar-refractivity contribution in [1.82, 2.24) is 25.1 Å². The number of halogens is 3. The number of rotatable bonds is 12. The van der Waals surface area contributed by atoms with E-state index in [4.69, 9.17) is 39.6 Å². The molecular formula is C24H24Cl3N5O4S4. The fourth-order valence-corrected chi connectivity index (χ4v) is 6.23. The minimum absolute atomic E-state index is 0.194. The first kappa shape index (κ1) is 34.3. The molecule has 0 N–H and O–H groups in total. The molecule has 0 fully saturated rings. The van der Waals surface area contributed by atoms with Crippen molar-refractivity contribution in [2.24, 2.45) is 0 Å². The Morgan fingerprint density at radius 2 is 1.45 bits per heavy atom. The van der Waals surface area contributed by atoms with Crippen LogP contribution in [0.15, 0.2) is 83.1 Å². The summed E-state index contributed by atoms with van der Waals surface area (Å²) in [6, 6.07) is 18.8. The Bertz CT molecular complexity index is 1260. The summed E-state index contributed by atoms with van der Waals surface area (Å²) in [7, 11) is 6.39. The van der Waals surface area contributed by atoms with Gasteiger partial charge in [-0.05, 0) is 69.6 Å². The largest absolute Gasteiger partial charge is 0.453 e. The zero-order valence-corrected chi connectivity index (χ0v) is 26.3. The highest BCUT2D eigenvalue weighted by Crippen LogP contribution is 2.30. The van der Waals surface area contributed by atoms with Crippen LogP contribution in [0.1, 0.15) is 12.8 Å². The number of fused-ring (bicyclic) bond motifs is 1. The van der Waals surface area contributed by atoms with Gasteiger partial charge >= 0.3 is 11.4 Å². The number of para-hydroxylation sites is 1. The second-order valence-electron chi connectivity index (χ2n) is 6.85. The fourth-order valence-electron chi connectivity index (χ4n) is 2.49. The van der Waals surface area contributed by atoms with Gasteiger partial charge in [0.25, 0.3) is 0 Å². The SMILES string of the molecule is ClCCl.O=C(CCCSSc1ccccn1)On1nnc2ccccc21.O=C(Cl)OCCSSc1ccccn1. The standard InChI is InChI=1S/C15H14N4O2S2.C8H8ClNO2S2.CH2Cl2/c20-15(9-5-11-22-23-14-8-3-4-10-16-14)21-19-13-7-2-1-6-12(13)17-18-19;9-8(11)12-5-6-13-14-7-3-1-2-4-10-7;2-1-3/h1-4,6-8,10H,5,9,11H2;1-4H,5-6H2;1H2. The van der Waals surface area contributed by atoms with Gasteiger partial charge in [0.1, 0.15) is 27.7 Å². The lowest BCUT2D eigenvalue weighted by atomic mass is 10.3. The van der Waals surface area contributed by atoms with Crippen molar-refractivity contribution in [3.8, 4) is 0 Å². The highest BCUT2D eigenvalue weighted by molar-refractivity contribution is 8.77. The topological polar surface area (TPSA) is 109 Å². The summed E-state index contributed by atoms with van der Waals surface area (Å²) in [5.41, 5.74) is 0.622. The van der Waals surface area contributed by atoms with Crippen LogP contribution >= 0.6 is 78.0 Å². The molecule has 0 atom stereocenters. The molecule has 0 saturated heterocycles. The molecule has 1 aromatic carbocycles. The number of pyridine rings is 2. The van der Waals surface area contributed by atoms with Gasteiger partial charge in [-0.2, -0.15) is 0 Å². The Morgan fingerprint density at radius 1 is 0.850 bits per heavy atom. The quantitative estimate of drug-likeness (QED) is 0.0483. The predicted molar refractivity (Wildman–Crippen MR) is 167 cm³/mol. The lowest BCUT2D eigenvalue weighted by Gasteiger charge is -2.03. The van der Waals surface area contributed by atoms with Crippen LogP contribution in [0.4, 0.5) is 4.79 Å². The van der Waals surface area contributed by atoms with Gasteiger partial charge in [0, 0.05) is 41.9 Å². The Balaban J connectivity index is 0.000000282. The normalized spacial score (nSPS) is 10.1. The maximum absolute atomic E-state index is 11.8. The molecule has 16 heteroatoms. The number of aromatic nitrogens is 5. The van der Waals surface area contributed by atoms with Crippen molar-refractivity contribution in [1.29, 1.82) is 0 Å². The first-order chi connectivity index (χ1) is 19.5. The molecule has 0 bridgehead atoms. The molecule has 0 radical (unpaired) electrons. The number of carbonyl (C=O) groups excluding carboxylic acids is 2. The van der Waals surface area contributed by atoms with E-state index in [-0.39, 0.29) is 11.3 Å². The Kier molecular flexibility index (Phi) is 18.7. The Hall–Kier alpha value is -1.87. The zero-order valence-electron chi connectivity index (χ0n) is 20.8. The summed E-state index contributed by atoms with van der Waals surface area (Å²) in [5, 5.41) is 9.86. The summed E-state index contributed by atoms with van der Waals surface area (Å²) in [4.78, 5) is 36.8. The van der Waals surface area contributed by atoms with Crippen molar-refractivity contribution in [2.75, 3.05) is 23.5 Å². The van der Waals surface area contributed by atoms with E-state index in [1.54, 1.807) is 55.6 Å². The average Bonchev–Trinajstić information content (AvgIpc) is 3.37. The van der Waals surface area contributed by atoms with E-state index in [1.807, 2.05) is 60.7 Å². The second-order valence-corrected chi connectivity index (χ2v) is 12.8. The van der Waals surface area contributed by atoms with E-state index >= 15 is 0 Å². The van der Waals surface area contributed by atoms with Gasteiger partial charge in [0.15, 0.2) is 0 Å². The molecule has 4 rings (SSSR count). The average molecular weight is 681 g/mol.